The highest BCUT2D eigenvalue weighted by molar-refractivity contribution is 5.70. The molecule has 0 radical (unpaired) electrons. The van der Waals surface area contributed by atoms with Crippen LogP contribution in [0.25, 0.3) is 5.69 Å². The van der Waals surface area contributed by atoms with Crippen LogP contribution in [0.1, 0.15) is 79.7 Å². The maximum Gasteiger partial charge on any atom is 0.306 e. The van der Waals surface area contributed by atoms with Gasteiger partial charge in [-0.05, 0) is 86.0 Å². The molecular weight excluding hydrogens is 586 g/mol. The van der Waals surface area contributed by atoms with Crippen molar-refractivity contribution in [1.82, 2.24) is 24.6 Å². The van der Waals surface area contributed by atoms with Gasteiger partial charge in [-0.3, -0.25) is 9.69 Å². The monoisotopic (exact) mass is 634 g/mol. The van der Waals surface area contributed by atoms with E-state index in [4.69, 9.17) is 14.8 Å². The van der Waals surface area contributed by atoms with Gasteiger partial charge in [0.25, 0.3) is 5.92 Å². The van der Waals surface area contributed by atoms with Crippen LogP contribution in [0.3, 0.4) is 0 Å². The summed E-state index contributed by atoms with van der Waals surface area (Å²) in [7, 11) is 1.40. The number of alkyl halides is 2. The molecule has 8 nitrogen and oxygen atoms in total. The number of hydrogen-bond acceptors (Lipinski definition) is 7. The molecule has 3 aliphatic rings. The van der Waals surface area contributed by atoms with Crippen LogP contribution in [-0.2, 0) is 27.9 Å². The summed E-state index contributed by atoms with van der Waals surface area (Å²) in [5.74, 6) is -2.44. The summed E-state index contributed by atoms with van der Waals surface area (Å²) >= 11 is 0. The van der Waals surface area contributed by atoms with Crippen LogP contribution in [0.5, 0.6) is 0 Å². The first-order valence-electron chi connectivity index (χ1n) is 16.6. The van der Waals surface area contributed by atoms with E-state index >= 15 is 8.78 Å². The summed E-state index contributed by atoms with van der Waals surface area (Å²) in [4.78, 5) is 21.3. The summed E-state index contributed by atoms with van der Waals surface area (Å²) in [6.07, 6.45) is 2.70. The smallest absolute Gasteiger partial charge is 0.306 e. The lowest BCUT2D eigenvalue weighted by molar-refractivity contribution is -0.226. The predicted molar refractivity (Wildman–Crippen MR) is 176 cm³/mol. The molecular formula is C36H48F2N6O2. The second kappa shape index (κ2) is 12.3. The first-order chi connectivity index (χ1) is 21.7. The van der Waals surface area contributed by atoms with Crippen molar-refractivity contribution in [3.8, 4) is 5.69 Å². The van der Waals surface area contributed by atoms with Crippen molar-refractivity contribution in [1.29, 1.82) is 0 Å². The molecule has 2 saturated heterocycles. The van der Waals surface area contributed by atoms with Gasteiger partial charge in [-0.15, -0.1) is 0 Å². The second-order valence-electron chi connectivity index (χ2n) is 14.8. The van der Waals surface area contributed by atoms with E-state index in [0.29, 0.717) is 39.1 Å². The van der Waals surface area contributed by atoms with Gasteiger partial charge in [0, 0.05) is 44.3 Å². The number of anilines is 1. The van der Waals surface area contributed by atoms with Gasteiger partial charge in [0.05, 0.1) is 42.6 Å². The van der Waals surface area contributed by atoms with Gasteiger partial charge in [-0.2, -0.15) is 5.10 Å². The number of hydrogen-bond donors (Lipinski definition) is 1. The van der Waals surface area contributed by atoms with Crippen molar-refractivity contribution in [3.63, 3.8) is 0 Å². The van der Waals surface area contributed by atoms with Crippen LogP contribution in [0.2, 0.25) is 0 Å². The lowest BCUT2D eigenvalue weighted by atomic mass is 9.68. The predicted octanol–water partition coefficient (Wildman–Crippen LogP) is 6.03. The molecule has 0 bridgehead atoms. The molecule has 0 amide bonds. The van der Waals surface area contributed by atoms with Gasteiger partial charge in [0.1, 0.15) is 5.82 Å². The molecule has 3 aromatic rings. The molecule has 2 fully saturated rings. The van der Waals surface area contributed by atoms with E-state index in [-0.39, 0.29) is 30.3 Å². The molecule has 0 aliphatic carbocycles. The Bertz CT molecular complexity index is 1590. The highest BCUT2D eigenvalue weighted by Gasteiger charge is 2.62. The van der Waals surface area contributed by atoms with Crippen LogP contribution in [0, 0.1) is 19.3 Å². The fourth-order valence-corrected chi connectivity index (χ4v) is 7.43. The SMILES string of the molecule is COC(=O)C[C@H](CN1CC2(CCN(Cc3ccc4c(n3)NCCC4)CC2(F)F)C1)c1cc(-n2nc(C)cc2C)cc(C(C)(C)C)c1. The fraction of sp³-hybridized carbons (Fsp3) is 0.583. The van der Waals surface area contributed by atoms with Crippen molar-refractivity contribution < 1.29 is 18.3 Å². The Morgan fingerprint density at radius 3 is 2.54 bits per heavy atom. The van der Waals surface area contributed by atoms with Crippen LogP contribution in [0.15, 0.2) is 36.4 Å². The molecule has 1 atom stereocenters. The van der Waals surface area contributed by atoms with Crippen LogP contribution in [-0.4, -0.2) is 82.8 Å². The third-order valence-electron chi connectivity index (χ3n) is 10.1. The summed E-state index contributed by atoms with van der Waals surface area (Å²) in [5, 5.41) is 8.06. The number of carbonyl (C=O) groups excluding carboxylic acids is 1. The minimum Gasteiger partial charge on any atom is -0.469 e. The Morgan fingerprint density at radius 1 is 1.09 bits per heavy atom. The average Bonchev–Trinajstić information content (AvgIpc) is 3.33. The fourth-order valence-electron chi connectivity index (χ4n) is 7.43. The number of nitrogens with zero attached hydrogens (tertiary/aromatic N) is 5. The van der Waals surface area contributed by atoms with Crippen molar-refractivity contribution >= 4 is 11.8 Å². The number of halogens is 2. The summed E-state index contributed by atoms with van der Waals surface area (Å²) < 4.78 is 38.8. The van der Waals surface area contributed by atoms with Crippen molar-refractivity contribution in [3.05, 3.63) is 70.2 Å². The van der Waals surface area contributed by atoms with E-state index in [0.717, 1.165) is 59.1 Å². The van der Waals surface area contributed by atoms with Gasteiger partial charge < -0.3 is 15.0 Å². The maximum atomic E-state index is 15.9. The number of nitrogens with one attached hydrogen (secondary N) is 1. The van der Waals surface area contributed by atoms with Gasteiger partial charge in [0.2, 0.25) is 0 Å². The van der Waals surface area contributed by atoms with Crippen LogP contribution >= 0.6 is 0 Å². The zero-order chi connectivity index (χ0) is 32.9. The Labute approximate surface area is 271 Å². The van der Waals surface area contributed by atoms with Gasteiger partial charge in [-0.1, -0.05) is 32.9 Å². The number of esters is 1. The van der Waals surface area contributed by atoms with Gasteiger partial charge in [0.15, 0.2) is 0 Å². The van der Waals surface area contributed by atoms with E-state index < -0.39 is 11.3 Å². The average molecular weight is 635 g/mol. The number of rotatable bonds is 8. The molecule has 1 spiro atoms. The molecule has 3 aliphatic heterocycles. The highest BCUT2D eigenvalue weighted by atomic mass is 19.3. The van der Waals surface area contributed by atoms with E-state index in [2.05, 4.69) is 55.3 Å². The number of piperidine rings is 1. The van der Waals surface area contributed by atoms with Gasteiger partial charge in [-0.25, -0.2) is 18.4 Å². The lowest BCUT2D eigenvalue weighted by Gasteiger charge is -2.58. The molecule has 5 heterocycles. The molecule has 6 rings (SSSR count). The molecule has 0 unspecified atom stereocenters. The quantitative estimate of drug-likeness (QED) is 0.304. The Morgan fingerprint density at radius 2 is 1.87 bits per heavy atom. The molecule has 248 valence electrons. The van der Waals surface area contributed by atoms with E-state index in [9.17, 15) is 4.79 Å². The molecule has 10 heteroatoms. The summed E-state index contributed by atoms with van der Waals surface area (Å²) in [5.41, 5.74) is 5.86. The van der Waals surface area contributed by atoms with Crippen molar-refractivity contribution in [2.45, 2.75) is 84.1 Å². The van der Waals surface area contributed by atoms with Gasteiger partial charge >= 0.3 is 5.97 Å². The topological polar surface area (TPSA) is 75.5 Å². The summed E-state index contributed by atoms with van der Waals surface area (Å²) in [6.45, 7) is 13.3. The lowest BCUT2D eigenvalue weighted by Crippen LogP contribution is -2.70. The first kappa shape index (κ1) is 32.6. The third-order valence-corrected chi connectivity index (χ3v) is 10.1. The zero-order valence-electron chi connectivity index (χ0n) is 28.1. The zero-order valence-corrected chi connectivity index (χ0v) is 28.1. The molecule has 1 N–H and O–H groups in total. The second-order valence-corrected chi connectivity index (χ2v) is 14.8. The Hall–Kier alpha value is -3.37. The number of benzene rings is 1. The van der Waals surface area contributed by atoms with E-state index in [1.165, 1.54) is 12.7 Å². The van der Waals surface area contributed by atoms with Crippen LogP contribution < -0.4 is 5.32 Å². The van der Waals surface area contributed by atoms with E-state index in [1.807, 2.05) is 35.6 Å². The number of ether oxygens (including phenoxy) is 1. The van der Waals surface area contributed by atoms with Crippen LogP contribution in [0.4, 0.5) is 14.6 Å². The normalized spacial score (nSPS) is 20.1. The number of aryl methyl sites for hydroxylation is 3. The third kappa shape index (κ3) is 6.56. The maximum absolute atomic E-state index is 15.9. The molecule has 2 aromatic heterocycles. The Balaban J connectivity index is 1.17. The molecule has 46 heavy (non-hydrogen) atoms. The Kier molecular flexibility index (Phi) is 8.74. The number of pyridine rings is 1. The number of likely N-dealkylation sites (tertiary alicyclic amines) is 2. The number of methoxy groups -OCH3 is 1. The molecule has 1 aromatic carbocycles. The van der Waals surface area contributed by atoms with Crippen molar-refractivity contribution in [2.75, 3.05) is 51.7 Å². The number of fused-ring (bicyclic) bond motifs is 1. The standard InChI is InChI=1S/C36H48F2N6O2/c1-24-14-25(2)44(41-24)31-16-27(15-29(18-31)34(3,4)5)28(17-32(45)46-6)19-43-21-35(22-43)11-13-42(23-36(35,37)38)20-30-10-9-26-8-7-12-39-33(26)40-30/h9-10,14-16,18,28H,7-8,11-13,17,19-23H2,1-6H3,(H,39,40)/t28-/m1/s1. The molecule has 0 saturated carbocycles. The highest BCUT2D eigenvalue weighted by Crippen LogP contribution is 2.51. The van der Waals surface area contributed by atoms with Crippen molar-refractivity contribution in [2.24, 2.45) is 5.41 Å². The number of carbonyl (C=O) groups is 1. The first-order valence-corrected chi connectivity index (χ1v) is 16.6. The summed E-state index contributed by atoms with van der Waals surface area (Å²) in [6, 6.07) is 12.5. The largest absolute Gasteiger partial charge is 0.469 e. The minimum atomic E-state index is -2.82. The minimum absolute atomic E-state index is 0.140. The van der Waals surface area contributed by atoms with E-state index in [1.54, 1.807) is 0 Å². The number of aromatic nitrogens is 3.